The Balaban J connectivity index is 2.01. The fourth-order valence-corrected chi connectivity index (χ4v) is 2.64. The van der Waals surface area contributed by atoms with E-state index in [0.717, 1.165) is 38.1 Å². The largest absolute Gasteiger partial charge is 0.457 e. The molecule has 0 aliphatic rings. The van der Waals surface area contributed by atoms with Crippen LogP contribution in [-0.2, 0) is 4.79 Å². The summed E-state index contributed by atoms with van der Waals surface area (Å²) < 4.78 is 5.74. The van der Waals surface area contributed by atoms with Crippen LogP contribution in [0.2, 0.25) is 0 Å². The second-order valence-electron chi connectivity index (χ2n) is 6.44. The lowest BCUT2D eigenvalue weighted by Gasteiger charge is -2.19. The van der Waals surface area contributed by atoms with Crippen molar-refractivity contribution in [2.75, 3.05) is 18.4 Å². The highest BCUT2D eigenvalue weighted by Gasteiger charge is 2.11. The lowest BCUT2D eigenvalue weighted by molar-refractivity contribution is -0.112. The highest BCUT2D eigenvalue weighted by molar-refractivity contribution is 6.06. The zero-order chi connectivity index (χ0) is 20.2. The second-order valence-corrected chi connectivity index (χ2v) is 6.44. The molecule has 0 heterocycles. The molecule has 0 bridgehead atoms. The number of anilines is 1. The highest BCUT2D eigenvalue weighted by atomic mass is 16.5. The Labute approximate surface area is 167 Å². The van der Waals surface area contributed by atoms with Gasteiger partial charge in [-0.25, -0.2) is 0 Å². The van der Waals surface area contributed by atoms with Gasteiger partial charge in [0.05, 0.1) is 0 Å². The van der Waals surface area contributed by atoms with Crippen molar-refractivity contribution in [1.29, 1.82) is 5.26 Å². The summed E-state index contributed by atoms with van der Waals surface area (Å²) in [5.41, 5.74) is 0.719. The Kier molecular flexibility index (Phi) is 8.61. The van der Waals surface area contributed by atoms with E-state index < -0.39 is 5.91 Å². The number of nitriles is 1. The third kappa shape index (κ3) is 6.81. The van der Waals surface area contributed by atoms with Gasteiger partial charge in [0, 0.05) is 25.0 Å². The number of ether oxygens (including phenoxy) is 1. The van der Waals surface area contributed by atoms with Crippen molar-refractivity contribution in [3.63, 3.8) is 0 Å². The number of hydrogen-bond donors (Lipinski definition) is 1. The van der Waals surface area contributed by atoms with Crippen LogP contribution in [0.4, 0.5) is 5.69 Å². The predicted octanol–water partition coefficient (Wildman–Crippen LogP) is 5.34. The Bertz CT molecular complexity index is 808. The van der Waals surface area contributed by atoms with Gasteiger partial charge in [-0.15, -0.1) is 0 Å². The van der Waals surface area contributed by atoms with E-state index in [9.17, 15) is 10.1 Å². The van der Waals surface area contributed by atoms with E-state index in [1.54, 1.807) is 30.5 Å². The van der Waals surface area contributed by atoms with Gasteiger partial charge >= 0.3 is 0 Å². The van der Waals surface area contributed by atoms with Crippen LogP contribution in [0.1, 0.15) is 33.1 Å². The maximum Gasteiger partial charge on any atom is 0.267 e. The first-order valence-corrected chi connectivity index (χ1v) is 9.66. The summed E-state index contributed by atoms with van der Waals surface area (Å²) in [6.07, 6.45) is 4.73. The smallest absolute Gasteiger partial charge is 0.267 e. The lowest BCUT2D eigenvalue weighted by atomic mass is 10.2. The Morgan fingerprint density at radius 2 is 1.71 bits per heavy atom. The minimum atomic E-state index is -0.406. The van der Waals surface area contributed by atoms with E-state index in [0.29, 0.717) is 11.4 Å². The van der Waals surface area contributed by atoms with E-state index in [-0.39, 0.29) is 5.57 Å². The van der Waals surface area contributed by atoms with Gasteiger partial charge in [0.2, 0.25) is 0 Å². The molecule has 28 heavy (non-hydrogen) atoms. The molecular formula is C23H27N3O2. The van der Waals surface area contributed by atoms with E-state index in [4.69, 9.17) is 4.74 Å². The molecule has 1 N–H and O–H groups in total. The molecule has 0 saturated heterocycles. The number of rotatable bonds is 10. The molecule has 5 nitrogen and oxygen atoms in total. The van der Waals surface area contributed by atoms with Crippen LogP contribution in [0.15, 0.2) is 66.4 Å². The summed E-state index contributed by atoms with van der Waals surface area (Å²) in [6, 6.07) is 18.6. The van der Waals surface area contributed by atoms with Crippen molar-refractivity contribution in [2.24, 2.45) is 0 Å². The van der Waals surface area contributed by atoms with Gasteiger partial charge < -0.3 is 15.0 Å². The molecule has 0 unspecified atom stereocenters. The Morgan fingerprint density at radius 3 is 2.32 bits per heavy atom. The molecule has 0 aliphatic heterocycles. The summed E-state index contributed by atoms with van der Waals surface area (Å²) in [6.45, 7) is 5.87. The summed E-state index contributed by atoms with van der Waals surface area (Å²) in [5.74, 6) is 1.02. The summed E-state index contributed by atoms with van der Waals surface area (Å²) in [5, 5.41) is 12.2. The first-order valence-electron chi connectivity index (χ1n) is 9.66. The van der Waals surface area contributed by atoms with Crippen LogP contribution >= 0.6 is 0 Å². The molecular weight excluding hydrogens is 350 g/mol. The first kappa shape index (κ1) is 21.0. The molecule has 146 valence electrons. The number of hydrogen-bond acceptors (Lipinski definition) is 4. The average Bonchev–Trinajstić information content (AvgIpc) is 2.72. The molecule has 2 aromatic rings. The highest BCUT2D eigenvalue weighted by Crippen LogP contribution is 2.22. The minimum absolute atomic E-state index is 0.106. The van der Waals surface area contributed by atoms with Crippen LogP contribution in [-0.4, -0.2) is 23.9 Å². The molecule has 5 heteroatoms. The van der Waals surface area contributed by atoms with Gasteiger partial charge in [-0.05, 0) is 49.2 Å². The van der Waals surface area contributed by atoms with E-state index in [1.807, 2.05) is 41.3 Å². The van der Waals surface area contributed by atoms with E-state index in [2.05, 4.69) is 19.2 Å². The zero-order valence-electron chi connectivity index (χ0n) is 16.5. The fraction of sp³-hybridized carbons (Fsp3) is 0.304. The SMILES string of the molecule is CCCCN(/C=C(/C#N)C(=O)Nc1ccc(Oc2ccccc2)cc1)CCC. The monoisotopic (exact) mass is 377 g/mol. The van der Waals surface area contributed by atoms with Gasteiger partial charge in [0.1, 0.15) is 23.1 Å². The van der Waals surface area contributed by atoms with E-state index >= 15 is 0 Å². The topological polar surface area (TPSA) is 65.4 Å². The summed E-state index contributed by atoms with van der Waals surface area (Å²) in [4.78, 5) is 14.5. The number of para-hydroxylation sites is 1. The van der Waals surface area contributed by atoms with Crippen LogP contribution in [0, 0.1) is 11.3 Å². The number of carbonyl (C=O) groups excluding carboxylic acids is 1. The van der Waals surface area contributed by atoms with Gasteiger partial charge in [-0.2, -0.15) is 5.26 Å². The van der Waals surface area contributed by atoms with Crippen molar-refractivity contribution in [2.45, 2.75) is 33.1 Å². The zero-order valence-corrected chi connectivity index (χ0v) is 16.5. The maximum atomic E-state index is 12.5. The molecule has 0 aliphatic carbocycles. The first-order chi connectivity index (χ1) is 13.7. The average molecular weight is 377 g/mol. The number of nitrogens with zero attached hydrogens (tertiary/aromatic N) is 2. The van der Waals surface area contributed by atoms with Crippen molar-refractivity contribution < 1.29 is 9.53 Å². The van der Waals surface area contributed by atoms with Gasteiger partial charge in [-0.1, -0.05) is 38.5 Å². The quantitative estimate of drug-likeness (QED) is 0.448. The van der Waals surface area contributed by atoms with Crippen molar-refractivity contribution in [3.8, 4) is 17.6 Å². The minimum Gasteiger partial charge on any atom is -0.457 e. The normalized spacial score (nSPS) is 10.8. The Morgan fingerprint density at radius 1 is 1.04 bits per heavy atom. The molecule has 1 amide bonds. The third-order valence-corrected chi connectivity index (χ3v) is 4.08. The predicted molar refractivity (Wildman–Crippen MR) is 112 cm³/mol. The van der Waals surface area contributed by atoms with Gasteiger partial charge in [-0.3, -0.25) is 4.79 Å². The molecule has 0 saturated carbocycles. The molecule has 0 fully saturated rings. The van der Waals surface area contributed by atoms with E-state index in [1.165, 1.54) is 0 Å². The summed E-state index contributed by atoms with van der Waals surface area (Å²) >= 11 is 0. The van der Waals surface area contributed by atoms with Crippen LogP contribution in [0.5, 0.6) is 11.5 Å². The second kappa shape index (κ2) is 11.5. The molecule has 0 radical (unpaired) electrons. The van der Waals surface area contributed by atoms with Crippen LogP contribution in [0.25, 0.3) is 0 Å². The third-order valence-electron chi connectivity index (χ3n) is 4.08. The molecule has 0 aromatic heterocycles. The van der Waals surface area contributed by atoms with Crippen molar-refractivity contribution in [3.05, 3.63) is 66.4 Å². The van der Waals surface area contributed by atoms with Crippen LogP contribution in [0.3, 0.4) is 0 Å². The molecule has 2 aromatic carbocycles. The van der Waals surface area contributed by atoms with Crippen molar-refractivity contribution >= 4 is 11.6 Å². The standard InChI is InChI=1S/C23H27N3O2/c1-3-5-16-26(15-4-2)18-19(17-24)23(27)25-20-11-13-22(14-12-20)28-21-9-7-6-8-10-21/h6-14,18H,3-5,15-16H2,1-2H3,(H,25,27)/b19-18-. The van der Waals surface area contributed by atoms with Crippen LogP contribution < -0.4 is 10.1 Å². The number of nitrogens with one attached hydrogen (secondary N) is 1. The lowest BCUT2D eigenvalue weighted by Crippen LogP contribution is -2.23. The number of amides is 1. The summed E-state index contributed by atoms with van der Waals surface area (Å²) in [7, 11) is 0. The number of unbranched alkanes of at least 4 members (excludes halogenated alkanes) is 1. The molecule has 0 atom stereocenters. The van der Waals surface area contributed by atoms with Gasteiger partial charge in [0.25, 0.3) is 5.91 Å². The van der Waals surface area contributed by atoms with Gasteiger partial charge in [0.15, 0.2) is 0 Å². The molecule has 2 rings (SSSR count). The number of carbonyl (C=O) groups is 1. The fourth-order valence-electron chi connectivity index (χ4n) is 2.64. The Hall–Kier alpha value is -3.26. The number of benzene rings is 2. The molecule has 0 spiro atoms. The van der Waals surface area contributed by atoms with Crippen molar-refractivity contribution in [1.82, 2.24) is 4.90 Å². The maximum absolute atomic E-state index is 12.5.